The molecule has 1 heterocycles. The molecule has 0 aliphatic carbocycles. The zero-order valence-corrected chi connectivity index (χ0v) is 19.7. The number of carbonyl (C=O) groups is 2. The van der Waals surface area contributed by atoms with Gasteiger partial charge in [-0.25, -0.2) is 8.42 Å². The molecule has 0 fully saturated rings. The molecule has 0 radical (unpaired) electrons. The van der Waals surface area contributed by atoms with Gasteiger partial charge in [0, 0.05) is 24.0 Å². The van der Waals surface area contributed by atoms with Crippen LogP contribution in [0.5, 0.6) is 5.75 Å². The number of benzene rings is 2. The predicted octanol–water partition coefficient (Wildman–Crippen LogP) is 3.42. The number of nitrogens with one attached hydrogen (secondary N) is 2. The maximum atomic E-state index is 13.0. The van der Waals surface area contributed by atoms with Crippen molar-refractivity contribution in [3.63, 3.8) is 0 Å². The summed E-state index contributed by atoms with van der Waals surface area (Å²) in [6, 6.07) is 11.3. The normalized spacial score (nSPS) is 16.9. The Hall–Kier alpha value is -2.78. The molecule has 0 saturated heterocycles. The smallest absolute Gasteiger partial charge is 0.265 e. The fourth-order valence-electron chi connectivity index (χ4n) is 3.29. The fraction of sp³-hybridized carbons (Fsp3) is 0.364. The summed E-state index contributed by atoms with van der Waals surface area (Å²) >= 11 is 6.05. The number of halogens is 1. The number of rotatable bonds is 6. The summed E-state index contributed by atoms with van der Waals surface area (Å²) in [7, 11) is -3.61. The molecule has 0 bridgehead atoms. The molecule has 3 rings (SSSR count). The van der Waals surface area contributed by atoms with Crippen LogP contribution in [0.15, 0.2) is 42.5 Å². The molecular formula is C22H26ClN3O5S. The number of carbonyl (C=O) groups excluding carboxylic acids is 2. The van der Waals surface area contributed by atoms with Gasteiger partial charge in [0.2, 0.25) is 10.0 Å². The Balaban J connectivity index is 1.84. The molecule has 1 aliphatic heterocycles. The lowest BCUT2D eigenvalue weighted by atomic mass is 10.1. The monoisotopic (exact) mass is 479 g/mol. The summed E-state index contributed by atoms with van der Waals surface area (Å²) in [4.78, 5) is 25.7. The quantitative estimate of drug-likeness (QED) is 0.660. The van der Waals surface area contributed by atoms with Gasteiger partial charge in [0.05, 0.1) is 23.2 Å². The van der Waals surface area contributed by atoms with Crippen LogP contribution in [0.25, 0.3) is 0 Å². The van der Waals surface area contributed by atoms with Gasteiger partial charge in [0.15, 0.2) is 6.10 Å². The molecule has 0 unspecified atom stereocenters. The van der Waals surface area contributed by atoms with Crippen LogP contribution < -0.4 is 19.7 Å². The van der Waals surface area contributed by atoms with Gasteiger partial charge in [-0.2, -0.15) is 0 Å². The summed E-state index contributed by atoms with van der Waals surface area (Å²) in [5.41, 5.74) is 0.964. The zero-order valence-electron chi connectivity index (χ0n) is 18.1. The van der Waals surface area contributed by atoms with E-state index in [1.54, 1.807) is 30.3 Å². The van der Waals surface area contributed by atoms with Gasteiger partial charge in [-0.1, -0.05) is 30.7 Å². The Morgan fingerprint density at radius 2 is 1.97 bits per heavy atom. The first-order valence-electron chi connectivity index (χ1n) is 10.2. The third-order valence-electron chi connectivity index (χ3n) is 5.17. The van der Waals surface area contributed by atoms with Gasteiger partial charge in [-0.3, -0.25) is 13.9 Å². The van der Waals surface area contributed by atoms with E-state index in [2.05, 4.69) is 10.6 Å². The lowest BCUT2D eigenvalue weighted by molar-refractivity contribution is -0.122. The Kier molecular flexibility index (Phi) is 7.30. The minimum absolute atomic E-state index is 0.0123. The van der Waals surface area contributed by atoms with Crippen molar-refractivity contribution < 1.29 is 22.7 Å². The third kappa shape index (κ3) is 5.52. The van der Waals surface area contributed by atoms with E-state index in [1.165, 1.54) is 16.4 Å². The molecule has 0 saturated carbocycles. The maximum absolute atomic E-state index is 13.0. The molecule has 2 aromatic rings. The Labute approximate surface area is 192 Å². The van der Waals surface area contributed by atoms with Crippen molar-refractivity contribution in [1.82, 2.24) is 5.32 Å². The SMILES string of the molecule is CC[C@@H](C)NC(=O)c1ccccc1NC(=O)[C@H]1CCN(S(C)(=O)=O)c2cc(Cl)ccc2O1. The lowest BCUT2D eigenvalue weighted by Gasteiger charge is -2.21. The first-order chi connectivity index (χ1) is 15.1. The molecule has 172 valence electrons. The van der Waals surface area contributed by atoms with E-state index >= 15 is 0 Å². The average molecular weight is 480 g/mol. The van der Waals surface area contributed by atoms with E-state index in [9.17, 15) is 18.0 Å². The van der Waals surface area contributed by atoms with Crippen molar-refractivity contribution in [2.45, 2.75) is 38.8 Å². The van der Waals surface area contributed by atoms with E-state index in [-0.39, 0.29) is 36.4 Å². The Morgan fingerprint density at radius 1 is 1.25 bits per heavy atom. The van der Waals surface area contributed by atoms with E-state index in [4.69, 9.17) is 16.3 Å². The third-order valence-corrected chi connectivity index (χ3v) is 6.58. The second kappa shape index (κ2) is 9.79. The van der Waals surface area contributed by atoms with Crippen molar-refractivity contribution in [2.24, 2.45) is 0 Å². The molecule has 2 N–H and O–H groups in total. The number of para-hydroxylation sites is 1. The number of sulfonamides is 1. The standard InChI is InChI=1S/C22H26ClN3O5S/c1-4-14(2)24-21(27)16-7-5-6-8-17(16)25-22(28)20-11-12-26(32(3,29)30)18-13-15(23)9-10-19(18)31-20/h5-10,13-14,20H,4,11-12H2,1-3H3,(H,24,27)(H,25,28)/t14-,20-/m1/s1. The first kappa shape index (κ1) is 23.9. The van der Waals surface area contributed by atoms with Crippen LogP contribution in [-0.4, -0.2) is 45.2 Å². The van der Waals surface area contributed by atoms with Crippen LogP contribution in [0.4, 0.5) is 11.4 Å². The zero-order chi connectivity index (χ0) is 23.5. The van der Waals surface area contributed by atoms with E-state index in [0.717, 1.165) is 12.7 Å². The van der Waals surface area contributed by atoms with Crippen LogP contribution in [0.1, 0.15) is 37.0 Å². The Bertz CT molecular complexity index is 1120. The highest BCUT2D eigenvalue weighted by atomic mass is 35.5. The van der Waals surface area contributed by atoms with Crippen molar-refractivity contribution >= 4 is 44.8 Å². The molecule has 2 amide bonds. The highest BCUT2D eigenvalue weighted by molar-refractivity contribution is 7.92. The van der Waals surface area contributed by atoms with Crippen LogP contribution in [0.3, 0.4) is 0 Å². The highest BCUT2D eigenvalue weighted by Gasteiger charge is 2.32. The van der Waals surface area contributed by atoms with Crippen LogP contribution in [0.2, 0.25) is 5.02 Å². The molecule has 2 atom stereocenters. The molecule has 8 nitrogen and oxygen atoms in total. The van der Waals surface area contributed by atoms with Gasteiger partial charge < -0.3 is 15.4 Å². The van der Waals surface area contributed by atoms with Crippen LogP contribution >= 0.6 is 11.6 Å². The van der Waals surface area contributed by atoms with E-state index in [1.807, 2.05) is 13.8 Å². The number of fused-ring (bicyclic) bond motifs is 1. The largest absolute Gasteiger partial charge is 0.478 e. The van der Waals surface area contributed by atoms with Crippen molar-refractivity contribution in [1.29, 1.82) is 0 Å². The molecule has 10 heteroatoms. The van der Waals surface area contributed by atoms with Crippen LogP contribution in [-0.2, 0) is 14.8 Å². The molecule has 1 aliphatic rings. The minimum atomic E-state index is -3.61. The minimum Gasteiger partial charge on any atom is -0.478 e. The summed E-state index contributed by atoms with van der Waals surface area (Å²) in [5.74, 6) is -0.536. The summed E-state index contributed by atoms with van der Waals surface area (Å²) in [5, 5.41) is 5.99. The van der Waals surface area contributed by atoms with Gasteiger partial charge in [-0.15, -0.1) is 0 Å². The van der Waals surface area contributed by atoms with Crippen LogP contribution in [0, 0.1) is 0 Å². The topological polar surface area (TPSA) is 105 Å². The first-order valence-corrected chi connectivity index (χ1v) is 12.5. The molecule has 2 aromatic carbocycles. The maximum Gasteiger partial charge on any atom is 0.265 e. The van der Waals surface area contributed by atoms with E-state index < -0.39 is 22.0 Å². The Morgan fingerprint density at radius 3 is 2.66 bits per heavy atom. The predicted molar refractivity (Wildman–Crippen MR) is 125 cm³/mol. The van der Waals surface area contributed by atoms with E-state index in [0.29, 0.717) is 16.3 Å². The number of ether oxygens (including phenoxy) is 1. The van der Waals surface area contributed by atoms with Gasteiger partial charge >= 0.3 is 0 Å². The number of nitrogens with zero attached hydrogens (tertiary/aromatic N) is 1. The lowest BCUT2D eigenvalue weighted by Crippen LogP contribution is -2.37. The summed E-state index contributed by atoms with van der Waals surface area (Å²) < 4.78 is 31.6. The van der Waals surface area contributed by atoms with Crippen molar-refractivity contribution in [2.75, 3.05) is 22.4 Å². The number of hydrogen-bond donors (Lipinski definition) is 2. The second-order valence-electron chi connectivity index (χ2n) is 7.66. The van der Waals surface area contributed by atoms with Crippen molar-refractivity contribution in [3.05, 3.63) is 53.1 Å². The van der Waals surface area contributed by atoms with Gasteiger partial charge in [0.25, 0.3) is 11.8 Å². The summed E-state index contributed by atoms with van der Waals surface area (Å²) in [6.45, 7) is 3.91. The second-order valence-corrected chi connectivity index (χ2v) is 10.0. The number of amides is 2. The average Bonchev–Trinajstić information content (AvgIpc) is 2.93. The summed E-state index contributed by atoms with van der Waals surface area (Å²) in [6.07, 6.45) is 1.01. The molecule has 32 heavy (non-hydrogen) atoms. The van der Waals surface area contributed by atoms with Crippen molar-refractivity contribution in [3.8, 4) is 5.75 Å². The molecule has 0 aromatic heterocycles. The fourth-order valence-corrected chi connectivity index (χ4v) is 4.39. The van der Waals surface area contributed by atoms with Gasteiger partial charge in [-0.05, 0) is 43.7 Å². The number of hydrogen-bond acceptors (Lipinski definition) is 5. The molecular weight excluding hydrogens is 454 g/mol. The number of anilines is 2. The van der Waals surface area contributed by atoms with Gasteiger partial charge in [0.1, 0.15) is 5.75 Å². The molecule has 0 spiro atoms. The highest BCUT2D eigenvalue weighted by Crippen LogP contribution is 2.36.